The predicted octanol–water partition coefficient (Wildman–Crippen LogP) is 19.9. The maximum Gasteiger partial charge on any atom is 0.0547 e. The van der Waals surface area contributed by atoms with Gasteiger partial charge in [-0.05, 0) is 145 Å². The van der Waals surface area contributed by atoms with Gasteiger partial charge in [0, 0.05) is 33.1 Å². The van der Waals surface area contributed by atoms with E-state index in [9.17, 15) is 0 Å². The minimum atomic E-state index is 1.13. The number of aryl methyl sites for hydroxylation is 1. The number of hydrogen-bond acceptors (Lipinski definition) is 0. The maximum atomic E-state index is 4.05. The van der Waals surface area contributed by atoms with E-state index in [1.807, 2.05) is 12.2 Å². The molecule has 2 aromatic heterocycles. The molecule has 0 aliphatic carbocycles. The Hall–Kier alpha value is -9.76. The second kappa shape index (κ2) is 19.3. The Labute approximate surface area is 438 Å². The number of nitrogens with zero attached hydrogens (tertiary/aromatic N) is 2. The highest BCUT2D eigenvalue weighted by Crippen LogP contribution is 2.43. The van der Waals surface area contributed by atoms with Crippen molar-refractivity contribution in [3.8, 4) is 89.3 Å². The molecule has 0 fully saturated rings. The number of fused-ring (bicyclic) bond motifs is 4. The van der Waals surface area contributed by atoms with Gasteiger partial charge in [-0.25, -0.2) is 0 Å². The van der Waals surface area contributed by atoms with Crippen LogP contribution < -0.4 is 0 Å². The first-order valence-corrected chi connectivity index (χ1v) is 25.8. The van der Waals surface area contributed by atoms with Crippen molar-refractivity contribution < 1.29 is 0 Å². The normalized spacial score (nSPS) is 11.5. The fourth-order valence-electron chi connectivity index (χ4n) is 11.2. The number of aromatic nitrogens is 2. The predicted molar refractivity (Wildman–Crippen MR) is 320 cm³/mol. The van der Waals surface area contributed by atoms with Gasteiger partial charge in [0.05, 0.1) is 22.2 Å². The first-order chi connectivity index (χ1) is 37.1. The molecule has 0 saturated heterocycles. The lowest BCUT2D eigenvalue weighted by Gasteiger charge is -2.17. The Balaban J connectivity index is 0.923. The number of allylic oxidation sites excluding steroid dienone is 2. The fourth-order valence-corrected chi connectivity index (χ4v) is 11.2. The highest BCUT2D eigenvalue weighted by atomic mass is 15.0. The number of hydrogen-bond donors (Lipinski definition) is 0. The first kappa shape index (κ1) is 45.1. The minimum Gasteiger partial charge on any atom is -0.309 e. The molecule has 0 amide bonds. The third-order valence-corrected chi connectivity index (χ3v) is 14.9. The average Bonchev–Trinajstić information content (AvgIpc) is 4.03. The van der Waals surface area contributed by atoms with Crippen LogP contribution >= 0.6 is 0 Å². The summed E-state index contributed by atoms with van der Waals surface area (Å²) in [4.78, 5) is 0. The summed E-state index contributed by atoms with van der Waals surface area (Å²) in [5.74, 6) is 0. The quantitative estimate of drug-likeness (QED) is 0.114. The Morgan fingerprint density at radius 1 is 0.320 bits per heavy atom. The number of rotatable bonds is 11. The summed E-state index contributed by atoms with van der Waals surface area (Å²) in [6.45, 7) is 6.30. The van der Waals surface area contributed by atoms with E-state index < -0.39 is 0 Å². The topological polar surface area (TPSA) is 9.86 Å². The zero-order valence-corrected chi connectivity index (χ0v) is 41.7. The van der Waals surface area contributed by atoms with Gasteiger partial charge in [-0.1, -0.05) is 231 Å². The first-order valence-electron chi connectivity index (χ1n) is 25.8. The standard InChI is InChI=1S/C73H52N2/c1-3-4-33-68-50(2)66-47-59(40-43-69(66)75(68)72-49-61(53-24-13-7-14-25-53)39-42-64(72)56-26-15-8-16-27-56)54-35-37-55(38-36-54)60-41-44-70-67(48-60)73-65(62-30-17-28-57(45-62)51-20-9-5-10-21-51)32-19-34-71(73)74(70)63-31-18-29-58(46-63)52-22-11-6-12-23-52/h3-49H,1H2,2H3/b33-4-. The molecule has 0 atom stereocenters. The van der Waals surface area contributed by atoms with Crippen molar-refractivity contribution in [2.75, 3.05) is 0 Å². The molecule has 0 radical (unpaired) electrons. The van der Waals surface area contributed by atoms with Crippen LogP contribution in [0.4, 0.5) is 0 Å². The summed E-state index contributed by atoms with van der Waals surface area (Å²) >= 11 is 0. The molecule has 13 aromatic rings. The van der Waals surface area contributed by atoms with Crippen LogP contribution in [0.2, 0.25) is 0 Å². The van der Waals surface area contributed by atoms with Crippen molar-refractivity contribution in [2.24, 2.45) is 0 Å². The minimum absolute atomic E-state index is 1.13. The Morgan fingerprint density at radius 3 is 1.39 bits per heavy atom. The second-order valence-electron chi connectivity index (χ2n) is 19.3. The Bertz CT molecular complexity index is 4270. The molecule has 2 nitrogen and oxygen atoms in total. The van der Waals surface area contributed by atoms with Crippen molar-refractivity contribution in [1.29, 1.82) is 0 Å². The molecular formula is C73H52N2. The van der Waals surface area contributed by atoms with E-state index in [0.717, 1.165) is 22.6 Å². The van der Waals surface area contributed by atoms with Crippen LogP contribution in [-0.2, 0) is 0 Å². The van der Waals surface area contributed by atoms with Crippen LogP contribution in [0.1, 0.15) is 11.3 Å². The van der Waals surface area contributed by atoms with Gasteiger partial charge >= 0.3 is 0 Å². The van der Waals surface area contributed by atoms with Crippen LogP contribution in [0.15, 0.2) is 286 Å². The maximum absolute atomic E-state index is 4.05. The van der Waals surface area contributed by atoms with E-state index in [1.165, 1.54) is 111 Å². The molecule has 0 bridgehead atoms. The van der Waals surface area contributed by atoms with Crippen molar-refractivity contribution in [3.63, 3.8) is 0 Å². The molecule has 0 spiro atoms. The van der Waals surface area contributed by atoms with Gasteiger partial charge in [0.2, 0.25) is 0 Å². The molecule has 0 N–H and O–H groups in total. The fraction of sp³-hybridized carbons (Fsp3) is 0.0137. The van der Waals surface area contributed by atoms with Gasteiger partial charge in [-0.3, -0.25) is 0 Å². The van der Waals surface area contributed by atoms with Crippen molar-refractivity contribution >= 4 is 38.8 Å². The molecular weight excluding hydrogens is 905 g/mol. The molecule has 0 aliphatic rings. The lowest BCUT2D eigenvalue weighted by Crippen LogP contribution is -2.01. The summed E-state index contributed by atoms with van der Waals surface area (Å²) < 4.78 is 4.88. The summed E-state index contributed by atoms with van der Waals surface area (Å²) in [5.41, 5.74) is 24.7. The molecule has 2 heteroatoms. The molecule has 11 aromatic carbocycles. The van der Waals surface area contributed by atoms with E-state index in [-0.39, 0.29) is 0 Å². The third-order valence-electron chi connectivity index (χ3n) is 14.9. The molecule has 13 rings (SSSR count). The summed E-state index contributed by atoms with van der Waals surface area (Å²) in [6.07, 6.45) is 6.10. The van der Waals surface area contributed by atoms with Crippen LogP contribution in [0.25, 0.3) is 128 Å². The van der Waals surface area contributed by atoms with E-state index in [4.69, 9.17) is 0 Å². The molecule has 0 saturated carbocycles. The zero-order chi connectivity index (χ0) is 50.2. The van der Waals surface area contributed by atoms with Gasteiger partial charge in [0.1, 0.15) is 0 Å². The lowest BCUT2D eigenvalue weighted by molar-refractivity contribution is 1.10. The van der Waals surface area contributed by atoms with Gasteiger partial charge in [0.15, 0.2) is 0 Å². The van der Waals surface area contributed by atoms with Crippen molar-refractivity contribution in [3.05, 3.63) is 297 Å². The highest BCUT2D eigenvalue weighted by molar-refractivity contribution is 6.17. The summed E-state index contributed by atoms with van der Waals surface area (Å²) in [6, 6.07) is 97.3. The van der Waals surface area contributed by atoms with Gasteiger partial charge < -0.3 is 9.13 Å². The van der Waals surface area contributed by atoms with Gasteiger partial charge in [-0.2, -0.15) is 0 Å². The van der Waals surface area contributed by atoms with E-state index >= 15 is 0 Å². The Morgan fingerprint density at radius 2 is 0.773 bits per heavy atom. The molecule has 354 valence electrons. The van der Waals surface area contributed by atoms with E-state index in [1.54, 1.807) is 0 Å². The zero-order valence-electron chi connectivity index (χ0n) is 41.7. The largest absolute Gasteiger partial charge is 0.309 e. The summed E-state index contributed by atoms with van der Waals surface area (Å²) in [5, 5.41) is 3.67. The van der Waals surface area contributed by atoms with E-state index in [2.05, 4.69) is 296 Å². The number of benzene rings is 11. The summed E-state index contributed by atoms with van der Waals surface area (Å²) in [7, 11) is 0. The molecule has 0 aliphatic heterocycles. The van der Waals surface area contributed by atoms with Crippen LogP contribution in [0.5, 0.6) is 0 Å². The third kappa shape index (κ3) is 8.29. The van der Waals surface area contributed by atoms with Crippen LogP contribution in [0.3, 0.4) is 0 Å². The second-order valence-corrected chi connectivity index (χ2v) is 19.3. The Kier molecular flexibility index (Phi) is 11.6. The monoisotopic (exact) mass is 956 g/mol. The lowest BCUT2D eigenvalue weighted by atomic mass is 9.94. The van der Waals surface area contributed by atoms with Crippen molar-refractivity contribution in [2.45, 2.75) is 6.92 Å². The van der Waals surface area contributed by atoms with Crippen LogP contribution in [-0.4, -0.2) is 9.13 Å². The van der Waals surface area contributed by atoms with E-state index in [0.29, 0.717) is 0 Å². The SMILES string of the molecule is C=C/C=C\c1c(C)c2cc(-c3ccc(-c4ccc5c(c4)c4c(-c6cccc(-c7ccccc7)c6)cccc4n5-c4cccc(-c5ccccc5)c4)cc3)ccc2n1-c1cc(-c2ccccc2)ccc1-c1ccccc1. The highest BCUT2D eigenvalue weighted by Gasteiger charge is 2.21. The average molecular weight is 957 g/mol. The van der Waals surface area contributed by atoms with Gasteiger partial charge in [-0.15, -0.1) is 0 Å². The molecule has 2 heterocycles. The molecule has 75 heavy (non-hydrogen) atoms. The molecule has 0 unspecified atom stereocenters. The van der Waals surface area contributed by atoms with Gasteiger partial charge in [0.25, 0.3) is 0 Å². The smallest absolute Gasteiger partial charge is 0.0547 e. The van der Waals surface area contributed by atoms with Crippen LogP contribution in [0, 0.1) is 6.92 Å². The van der Waals surface area contributed by atoms with Crippen molar-refractivity contribution in [1.82, 2.24) is 9.13 Å².